The minimum Gasteiger partial charge on any atom is -0.482 e. The molecule has 2 aromatic rings. The molecule has 158 valence electrons. The molecule has 0 aliphatic carbocycles. The molecule has 1 amide bonds. The molecule has 0 radical (unpaired) electrons. The molecule has 4 nitrogen and oxygen atoms in total. The van der Waals surface area contributed by atoms with Crippen LogP contribution in [0.5, 0.6) is 5.75 Å². The van der Waals surface area contributed by atoms with E-state index in [0.717, 1.165) is 30.6 Å². The van der Waals surface area contributed by atoms with Gasteiger partial charge in [0.05, 0.1) is 0 Å². The molecule has 0 unspecified atom stereocenters. The van der Waals surface area contributed by atoms with E-state index < -0.39 is 11.2 Å². The molecule has 0 N–H and O–H groups in total. The van der Waals surface area contributed by atoms with Crippen LogP contribution in [0.1, 0.15) is 57.2 Å². The third kappa shape index (κ3) is 4.23. The normalized spacial score (nSPS) is 17.7. The Labute approximate surface area is 179 Å². The van der Waals surface area contributed by atoms with Crippen molar-refractivity contribution in [3.05, 3.63) is 71.3 Å². The van der Waals surface area contributed by atoms with E-state index in [2.05, 4.69) is 49.4 Å². The molecule has 2 aliphatic heterocycles. The van der Waals surface area contributed by atoms with Gasteiger partial charge in [0.25, 0.3) is 0 Å². The topological polar surface area (TPSA) is 38.8 Å². The van der Waals surface area contributed by atoms with Gasteiger partial charge in [-0.1, -0.05) is 49.4 Å². The molecule has 1 saturated heterocycles. The van der Waals surface area contributed by atoms with Crippen LogP contribution in [0, 0.1) is 0 Å². The Morgan fingerprint density at radius 3 is 2.53 bits per heavy atom. The molecule has 0 saturated carbocycles. The van der Waals surface area contributed by atoms with Crippen molar-refractivity contribution >= 4 is 11.7 Å². The van der Waals surface area contributed by atoms with Crippen molar-refractivity contribution in [2.75, 3.05) is 13.1 Å². The summed E-state index contributed by atoms with van der Waals surface area (Å²) in [5.41, 5.74) is 4.02. The fraction of sp³-hybridized carbons (Fsp3) is 0.423. The fourth-order valence-corrected chi connectivity index (χ4v) is 4.21. The molecule has 4 rings (SSSR count). The number of carbonyl (C=O) groups is 1. The number of ether oxygens (including phenoxy) is 2. The van der Waals surface area contributed by atoms with E-state index in [0.29, 0.717) is 13.1 Å². The van der Waals surface area contributed by atoms with E-state index >= 15 is 0 Å². The highest BCUT2D eigenvalue weighted by molar-refractivity contribution is 5.85. The van der Waals surface area contributed by atoms with Crippen LogP contribution in [-0.2, 0) is 11.2 Å². The molecule has 1 spiro atoms. The second-order valence-corrected chi connectivity index (χ2v) is 9.24. The third-order valence-electron chi connectivity index (χ3n) is 5.81. The molecule has 30 heavy (non-hydrogen) atoms. The number of rotatable bonds is 2. The zero-order valence-corrected chi connectivity index (χ0v) is 18.4. The van der Waals surface area contributed by atoms with Gasteiger partial charge in [0.1, 0.15) is 17.0 Å². The summed E-state index contributed by atoms with van der Waals surface area (Å²) in [6, 6.07) is 17.0. The number of hydrogen-bond donors (Lipinski definition) is 0. The second-order valence-electron chi connectivity index (χ2n) is 9.24. The van der Waals surface area contributed by atoms with Gasteiger partial charge in [0.2, 0.25) is 0 Å². The minimum absolute atomic E-state index is 0.242. The quantitative estimate of drug-likeness (QED) is 0.630. The number of nitrogens with zero attached hydrogens (tertiary/aromatic N) is 1. The summed E-state index contributed by atoms with van der Waals surface area (Å²) in [6.45, 7) is 9.12. The van der Waals surface area contributed by atoms with Crippen molar-refractivity contribution in [2.45, 2.75) is 58.2 Å². The average molecular weight is 406 g/mol. The van der Waals surface area contributed by atoms with Gasteiger partial charge >= 0.3 is 6.09 Å². The first-order valence-corrected chi connectivity index (χ1v) is 10.9. The van der Waals surface area contributed by atoms with Gasteiger partial charge in [0.15, 0.2) is 0 Å². The van der Waals surface area contributed by atoms with Crippen LogP contribution in [0.25, 0.3) is 5.57 Å². The van der Waals surface area contributed by atoms with Crippen molar-refractivity contribution in [2.24, 2.45) is 0 Å². The van der Waals surface area contributed by atoms with Gasteiger partial charge in [-0.05, 0) is 56.0 Å². The van der Waals surface area contributed by atoms with Crippen molar-refractivity contribution in [3.63, 3.8) is 0 Å². The van der Waals surface area contributed by atoms with E-state index in [-0.39, 0.29) is 6.09 Å². The van der Waals surface area contributed by atoms with E-state index in [1.165, 1.54) is 16.7 Å². The molecule has 0 aromatic heterocycles. The van der Waals surface area contributed by atoms with E-state index in [1.54, 1.807) is 4.90 Å². The molecule has 1 fully saturated rings. The van der Waals surface area contributed by atoms with Gasteiger partial charge in [0, 0.05) is 31.5 Å². The molecule has 2 aliphatic rings. The number of carbonyl (C=O) groups excluding carboxylic acids is 1. The van der Waals surface area contributed by atoms with Gasteiger partial charge in [-0.15, -0.1) is 0 Å². The van der Waals surface area contributed by atoms with Gasteiger partial charge < -0.3 is 14.4 Å². The lowest BCUT2D eigenvalue weighted by Gasteiger charge is -2.43. The number of benzene rings is 2. The van der Waals surface area contributed by atoms with Crippen LogP contribution in [0.3, 0.4) is 0 Å². The number of hydrogen-bond acceptors (Lipinski definition) is 3. The highest BCUT2D eigenvalue weighted by atomic mass is 16.6. The van der Waals surface area contributed by atoms with Gasteiger partial charge in [-0.2, -0.15) is 0 Å². The van der Waals surface area contributed by atoms with Crippen LogP contribution >= 0.6 is 0 Å². The van der Waals surface area contributed by atoms with Crippen LogP contribution in [0.15, 0.2) is 54.6 Å². The maximum Gasteiger partial charge on any atom is 0.410 e. The van der Waals surface area contributed by atoms with Crippen LogP contribution in [-0.4, -0.2) is 35.3 Å². The fourth-order valence-electron chi connectivity index (χ4n) is 4.21. The Morgan fingerprint density at radius 1 is 1.10 bits per heavy atom. The molecular formula is C26H31NO3. The Kier molecular flexibility index (Phi) is 5.35. The van der Waals surface area contributed by atoms with Crippen molar-refractivity contribution in [3.8, 4) is 5.75 Å². The highest BCUT2D eigenvalue weighted by Gasteiger charge is 2.40. The van der Waals surface area contributed by atoms with Crippen LogP contribution < -0.4 is 4.74 Å². The third-order valence-corrected chi connectivity index (χ3v) is 5.81. The summed E-state index contributed by atoms with van der Waals surface area (Å²) in [6.07, 6.45) is 4.55. The molecule has 2 aromatic carbocycles. The maximum atomic E-state index is 12.5. The number of likely N-dealkylation sites (tertiary alicyclic amines) is 1. The minimum atomic E-state index is -0.482. The standard InChI is InChI=1S/C26H31NO3/c1-5-19-9-8-10-20(17-19)22-18-26(29-23-12-7-6-11-21(22)23)13-15-27(16-14-26)24(28)30-25(2,3)4/h6-12,17-18H,5,13-16H2,1-4H3. The average Bonchev–Trinajstić information content (AvgIpc) is 2.72. The molecule has 4 heteroatoms. The van der Waals surface area contributed by atoms with E-state index in [4.69, 9.17) is 9.47 Å². The first-order chi connectivity index (χ1) is 14.3. The highest BCUT2D eigenvalue weighted by Crippen LogP contribution is 2.43. The zero-order valence-electron chi connectivity index (χ0n) is 18.4. The number of piperidine rings is 1. The van der Waals surface area contributed by atoms with Gasteiger partial charge in [-0.3, -0.25) is 0 Å². The number of para-hydroxylation sites is 1. The lowest BCUT2D eigenvalue weighted by molar-refractivity contribution is -0.00115. The first kappa shape index (κ1) is 20.5. The van der Waals surface area contributed by atoms with Crippen LogP contribution in [0.4, 0.5) is 4.79 Å². The number of amides is 1. The molecule has 0 atom stereocenters. The summed E-state index contributed by atoms with van der Waals surface area (Å²) in [7, 11) is 0. The van der Waals surface area contributed by atoms with E-state index in [1.807, 2.05) is 32.9 Å². The smallest absolute Gasteiger partial charge is 0.410 e. The SMILES string of the molecule is CCc1cccc(C2=CC3(CCN(C(=O)OC(C)(C)C)CC3)Oc3ccccc32)c1. The summed E-state index contributed by atoms with van der Waals surface area (Å²) in [5, 5.41) is 0. The Hall–Kier alpha value is -2.75. The van der Waals surface area contributed by atoms with Gasteiger partial charge in [-0.25, -0.2) is 4.79 Å². The lowest BCUT2D eigenvalue weighted by atomic mass is 9.82. The maximum absolute atomic E-state index is 12.5. The van der Waals surface area contributed by atoms with E-state index in [9.17, 15) is 4.79 Å². The predicted molar refractivity (Wildman–Crippen MR) is 120 cm³/mol. The largest absolute Gasteiger partial charge is 0.482 e. The number of aryl methyl sites for hydroxylation is 1. The van der Waals surface area contributed by atoms with Crippen molar-refractivity contribution < 1.29 is 14.3 Å². The lowest BCUT2D eigenvalue weighted by Crippen LogP contribution is -2.50. The predicted octanol–water partition coefficient (Wildman–Crippen LogP) is 5.84. The molecular weight excluding hydrogens is 374 g/mol. The summed E-state index contributed by atoms with van der Waals surface area (Å²) >= 11 is 0. The number of fused-ring (bicyclic) bond motifs is 1. The Morgan fingerprint density at radius 2 is 1.83 bits per heavy atom. The molecule has 0 bridgehead atoms. The van der Waals surface area contributed by atoms with Crippen molar-refractivity contribution in [1.82, 2.24) is 4.90 Å². The summed E-state index contributed by atoms with van der Waals surface area (Å²) in [5.74, 6) is 0.919. The van der Waals surface area contributed by atoms with Crippen molar-refractivity contribution in [1.29, 1.82) is 0 Å². The summed E-state index contributed by atoms with van der Waals surface area (Å²) < 4.78 is 12.1. The summed E-state index contributed by atoms with van der Waals surface area (Å²) in [4.78, 5) is 14.3. The first-order valence-electron chi connectivity index (χ1n) is 10.9. The Balaban J connectivity index is 1.63. The zero-order chi connectivity index (χ0) is 21.4. The molecule has 2 heterocycles. The monoisotopic (exact) mass is 405 g/mol. The second kappa shape index (κ2) is 7.82. The Bertz CT molecular complexity index is 962. The van der Waals surface area contributed by atoms with Crippen LogP contribution in [0.2, 0.25) is 0 Å².